The summed E-state index contributed by atoms with van der Waals surface area (Å²) in [6.07, 6.45) is -9.72. The van der Waals surface area contributed by atoms with Gasteiger partial charge in [0.25, 0.3) is 0 Å². The Hall–Kier alpha value is -1.27. The highest BCUT2D eigenvalue weighted by Crippen LogP contribution is 2.50. The first kappa shape index (κ1) is 13.2. The predicted molar refractivity (Wildman–Crippen MR) is 54.4 cm³/mol. The molecule has 0 saturated heterocycles. The Morgan fingerprint density at radius 3 is 1.94 bits per heavy atom. The number of hydrogen-bond acceptors (Lipinski definition) is 3. The third-order valence-corrected chi connectivity index (χ3v) is 4.49. The minimum atomic E-state index is -4.86. The minimum absolute atomic E-state index is 0.177. The van der Waals surface area contributed by atoms with Crippen molar-refractivity contribution in [2.24, 2.45) is 0 Å². The summed E-state index contributed by atoms with van der Waals surface area (Å²) in [5.41, 5.74) is 0. The van der Waals surface area contributed by atoms with Crippen LogP contribution < -0.4 is 0 Å². The van der Waals surface area contributed by atoms with Crippen molar-refractivity contribution in [3.05, 3.63) is 20.7 Å². The minimum Gasteiger partial charge on any atom is -0.192 e. The molecule has 0 spiro atoms. The van der Waals surface area contributed by atoms with Crippen molar-refractivity contribution in [2.45, 2.75) is 12.4 Å². The van der Waals surface area contributed by atoms with E-state index in [2.05, 4.69) is 0 Å². The average Bonchev–Trinajstić information content (AvgIpc) is 2.69. The van der Waals surface area contributed by atoms with Gasteiger partial charge in [0.1, 0.15) is 20.7 Å². The molecule has 2 rings (SSSR count). The zero-order valence-corrected chi connectivity index (χ0v) is 9.74. The van der Waals surface area contributed by atoms with E-state index in [9.17, 15) is 26.3 Å². The van der Waals surface area contributed by atoms with Crippen LogP contribution in [0.2, 0.25) is 0 Å². The highest BCUT2D eigenvalue weighted by Gasteiger charge is 2.43. The van der Waals surface area contributed by atoms with Gasteiger partial charge < -0.3 is 0 Å². The molecular formula is C9HF6NS2. The van der Waals surface area contributed by atoms with Crippen LogP contribution in [0.3, 0.4) is 0 Å². The Morgan fingerprint density at radius 2 is 1.50 bits per heavy atom. The second kappa shape index (κ2) is 3.86. The van der Waals surface area contributed by atoms with Crippen LogP contribution in [-0.2, 0) is 12.4 Å². The fourth-order valence-corrected chi connectivity index (χ4v) is 3.53. The number of hydrogen-bond donors (Lipinski definition) is 0. The van der Waals surface area contributed by atoms with Crippen molar-refractivity contribution in [3.8, 4) is 6.07 Å². The van der Waals surface area contributed by atoms with Crippen LogP contribution in [0.4, 0.5) is 26.3 Å². The van der Waals surface area contributed by atoms with Crippen LogP contribution in [0.1, 0.15) is 14.6 Å². The summed E-state index contributed by atoms with van der Waals surface area (Å²) in [6.45, 7) is 0. The van der Waals surface area contributed by atoms with Crippen molar-refractivity contribution >= 4 is 32.8 Å². The topological polar surface area (TPSA) is 23.8 Å². The number of nitriles is 1. The molecule has 0 aliphatic carbocycles. The van der Waals surface area contributed by atoms with E-state index < -0.39 is 32.2 Å². The van der Waals surface area contributed by atoms with E-state index in [-0.39, 0.29) is 16.2 Å². The molecule has 0 bridgehead atoms. The van der Waals surface area contributed by atoms with E-state index in [1.807, 2.05) is 0 Å². The van der Waals surface area contributed by atoms with Gasteiger partial charge in [-0.3, -0.25) is 0 Å². The maximum Gasteiger partial charge on any atom is 0.427 e. The molecule has 0 N–H and O–H groups in total. The third kappa shape index (κ3) is 2.06. The summed E-state index contributed by atoms with van der Waals surface area (Å²) >= 11 is 0.0805. The molecule has 0 radical (unpaired) electrons. The van der Waals surface area contributed by atoms with Gasteiger partial charge in [-0.2, -0.15) is 31.6 Å². The lowest BCUT2D eigenvalue weighted by Crippen LogP contribution is -2.03. The fourth-order valence-electron chi connectivity index (χ4n) is 1.38. The van der Waals surface area contributed by atoms with E-state index in [0.717, 1.165) is 6.07 Å². The van der Waals surface area contributed by atoms with Gasteiger partial charge in [-0.05, 0) is 6.07 Å². The first-order valence-corrected chi connectivity index (χ1v) is 5.88. The lowest BCUT2D eigenvalue weighted by atomic mass is 10.2. The molecule has 0 aromatic carbocycles. The number of thiophene rings is 2. The van der Waals surface area contributed by atoms with Crippen LogP contribution in [0.15, 0.2) is 6.07 Å². The third-order valence-electron chi connectivity index (χ3n) is 2.01. The van der Waals surface area contributed by atoms with Crippen molar-refractivity contribution in [1.29, 1.82) is 5.26 Å². The fraction of sp³-hybridized carbons (Fsp3) is 0.222. The molecule has 0 unspecified atom stereocenters. The van der Waals surface area contributed by atoms with Crippen molar-refractivity contribution in [2.75, 3.05) is 0 Å². The van der Waals surface area contributed by atoms with Gasteiger partial charge in [-0.25, -0.2) is 0 Å². The van der Waals surface area contributed by atoms with Gasteiger partial charge in [-0.15, -0.1) is 22.7 Å². The quantitative estimate of drug-likeness (QED) is 0.637. The molecular weight excluding hydrogens is 300 g/mol. The van der Waals surface area contributed by atoms with Crippen LogP contribution >= 0.6 is 22.7 Å². The van der Waals surface area contributed by atoms with Gasteiger partial charge in [0.05, 0.1) is 4.70 Å². The van der Waals surface area contributed by atoms with Gasteiger partial charge >= 0.3 is 12.4 Å². The molecule has 0 fully saturated rings. The molecule has 0 aliphatic rings. The summed E-state index contributed by atoms with van der Waals surface area (Å²) in [5.74, 6) is 0. The standard InChI is InChI=1S/C9HF6NS2/c10-8(11,12)6-4-1-3(2-16)17-5(4)7(18-6)9(13,14)15/h1H. The molecule has 0 aliphatic heterocycles. The average molecular weight is 301 g/mol. The number of fused-ring (bicyclic) bond motifs is 1. The molecule has 96 valence electrons. The zero-order chi connectivity index (χ0) is 13.7. The largest absolute Gasteiger partial charge is 0.427 e. The van der Waals surface area contributed by atoms with E-state index >= 15 is 0 Å². The normalized spacial score (nSPS) is 12.9. The Balaban J connectivity index is 2.82. The number of nitrogens with zero attached hydrogens (tertiary/aromatic N) is 1. The molecule has 2 aromatic heterocycles. The van der Waals surface area contributed by atoms with Crippen LogP contribution in [0.25, 0.3) is 10.1 Å². The smallest absolute Gasteiger partial charge is 0.192 e. The maximum absolute atomic E-state index is 12.6. The van der Waals surface area contributed by atoms with Crippen LogP contribution in [0.5, 0.6) is 0 Å². The molecule has 18 heavy (non-hydrogen) atoms. The second-order valence-electron chi connectivity index (χ2n) is 3.22. The van der Waals surface area contributed by atoms with E-state index in [4.69, 9.17) is 5.26 Å². The summed E-state index contributed by atoms with van der Waals surface area (Å²) in [7, 11) is 0. The van der Waals surface area contributed by atoms with Gasteiger partial charge in [0.15, 0.2) is 0 Å². The van der Waals surface area contributed by atoms with E-state index in [0.29, 0.717) is 11.3 Å². The Kier molecular flexibility index (Phi) is 2.82. The first-order valence-electron chi connectivity index (χ1n) is 4.25. The second-order valence-corrected chi connectivity index (χ2v) is 5.29. The summed E-state index contributed by atoms with van der Waals surface area (Å²) < 4.78 is 75.1. The summed E-state index contributed by atoms with van der Waals surface area (Å²) in [6, 6.07) is 2.39. The van der Waals surface area contributed by atoms with Crippen molar-refractivity contribution in [1.82, 2.24) is 0 Å². The highest BCUT2D eigenvalue weighted by molar-refractivity contribution is 7.24. The highest BCUT2D eigenvalue weighted by atomic mass is 32.1. The van der Waals surface area contributed by atoms with Gasteiger partial charge in [-0.1, -0.05) is 0 Å². The molecule has 1 nitrogen and oxygen atoms in total. The Labute approximate surface area is 104 Å². The Morgan fingerprint density at radius 1 is 0.944 bits per heavy atom. The Bertz CT molecular complexity index is 592. The lowest BCUT2D eigenvalue weighted by molar-refractivity contribution is -0.134. The molecule has 9 heteroatoms. The lowest BCUT2D eigenvalue weighted by Gasteiger charge is -2.03. The maximum atomic E-state index is 12.6. The van der Waals surface area contributed by atoms with Gasteiger partial charge in [0, 0.05) is 5.39 Å². The van der Waals surface area contributed by atoms with Crippen molar-refractivity contribution < 1.29 is 26.3 Å². The van der Waals surface area contributed by atoms with Crippen LogP contribution in [0, 0.1) is 11.3 Å². The van der Waals surface area contributed by atoms with E-state index in [1.54, 1.807) is 6.07 Å². The number of rotatable bonds is 0. The molecule has 2 heterocycles. The molecule has 0 saturated carbocycles. The molecule has 0 atom stereocenters. The molecule has 0 amide bonds. The summed E-state index contributed by atoms with van der Waals surface area (Å²) in [5, 5.41) is 7.99. The number of halogens is 6. The molecule has 2 aromatic rings. The SMILES string of the molecule is N#Cc1cc2c(C(F)(F)F)sc(C(F)(F)F)c2s1. The van der Waals surface area contributed by atoms with Crippen LogP contribution in [-0.4, -0.2) is 0 Å². The predicted octanol–water partition coefficient (Wildman–Crippen LogP) is 4.87. The van der Waals surface area contributed by atoms with Crippen molar-refractivity contribution in [3.63, 3.8) is 0 Å². The number of alkyl halides is 6. The van der Waals surface area contributed by atoms with Gasteiger partial charge in [0.2, 0.25) is 0 Å². The summed E-state index contributed by atoms with van der Waals surface area (Å²) in [4.78, 5) is -2.80. The zero-order valence-electron chi connectivity index (χ0n) is 8.11. The monoisotopic (exact) mass is 301 g/mol. The first-order chi connectivity index (χ1) is 8.14. The van der Waals surface area contributed by atoms with E-state index in [1.165, 1.54) is 0 Å².